The molecule has 1 aromatic heterocycles. The number of rotatable bonds is 8. The van der Waals surface area contributed by atoms with Gasteiger partial charge in [-0.05, 0) is 50.1 Å². The van der Waals surface area contributed by atoms with Crippen LogP contribution in [0.15, 0.2) is 46.2 Å². The number of aromatic nitrogens is 3. The van der Waals surface area contributed by atoms with Crippen LogP contribution in [0, 0.1) is 0 Å². The normalized spacial score (nSPS) is 14.5. The summed E-state index contributed by atoms with van der Waals surface area (Å²) in [6, 6.07) is 8.36. The van der Waals surface area contributed by atoms with Crippen molar-refractivity contribution in [2.45, 2.75) is 42.6 Å². The van der Waals surface area contributed by atoms with Crippen LogP contribution in [0.25, 0.3) is 0 Å². The molecular formula is C20H23ClN6O5S2. The zero-order chi connectivity index (χ0) is 24.7. The van der Waals surface area contributed by atoms with E-state index >= 15 is 0 Å². The number of anilines is 1. The van der Waals surface area contributed by atoms with Crippen molar-refractivity contribution >= 4 is 37.3 Å². The highest BCUT2D eigenvalue weighted by atomic mass is 35.5. The van der Waals surface area contributed by atoms with Crippen molar-refractivity contribution in [3.63, 3.8) is 0 Å². The lowest BCUT2D eigenvalue weighted by Crippen LogP contribution is -2.29. The Morgan fingerprint density at radius 1 is 1.21 bits per heavy atom. The topological polar surface area (TPSA) is 158 Å². The van der Waals surface area contributed by atoms with Gasteiger partial charge in [-0.1, -0.05) is 22.8 Å². The Morgan fingerprint density at radius 3 is 2.68 bits per heavy atom. The summed E-state index contributed by atoms with van der Waals surface area (Å²) >= 11 is 5.86. The molecule has 182 valence electrons. The first kappa shape index (κ1) is 24.4. The summed E-state index contributed by atoms with van der Waals surface area (Å²) in [5, 5.41) is 16.4. The Labute approximate surface area is 202 Å². The molecule has 34 heavy (non-hydrogen) atoms. The standard InChI is InChI=1S/C20H23ClN6O5S2/c1-3-27-19(24-25-20(27)32-14-5-4-13-8-9-23-17(13)10-14)12(2)26-34(30,31)15-6-7-16(21)18(11-15)33(22,28)29/h4-7,10-12,23,26H,3,8-9H2,1-2H3,(H2,22,28,29)/t12-/m1/s1. The second kappa shape index (κ2) is 9.15. The van der Waals surface area contributed by atoms with Crippen LogP contribution >= 0.6 is 11.6 Å². The van der Waals surface area contributed by atoms with Gasteiger partial charge >= 0.3 is 6.01 Å². The van der Waals surface area contributed by atoms with E-state index in [0.717, 1.165) is 30.8 Å². The van der Waals surface area contributed by atoms with Crippen molar-refractivity contribution in [1.29, 1.82) is 0 Å². The molecule has 0 radical (unpaired) electrons. The van der Waals surface area contributed by atoms with E-state index in [1.807, 2.05) is 25.1 Å². The molecule has 1 atom stereocenters. The minimum Gasteiger partial charge on any atom is -0.424 e. The molecule has 0 amide bonds. The fourth-order valence-electron chi connectivity index (χ4n) is 3.65. The van der Waals surface area contributed by atoms with Crippen LogP contribution < -0.4 is 19.9 Å². The predicted octanol–water partition coefficient (Wildman–Crippen LogP) is 2.40. The number of hydrogen-bond acceptors (Lipinski definition) is 8. The highest BCUT2D eigenvalue weighted by Crippen LogP contribution is 2.30. The number of primary sulfonamides is 1. The van der Waals surface area contributed by atoms with Gasteiger partial charge in [0.1, 0.15) is 10.6 Å². The number of ether oxygens (including phenoxy) is 1. The minimum absolute atomic E-state index is 0.177. The number of nitrogens with two attached hydrogens (primary N) is 1. The molecule has 2 aromatic carbocycles. The van der Waals surface area contributed by atoms with Gasteiger partial charge in [-0.3, -0.25) is 4.57 Å². The second-order valence-corrected chi connectivity index (χ2v) is 11.3. The van der Waals surface area contributed by atoms with E-state index in [2.05, 4.69) is 20.2 Å². The number of nitrogens with zero attached hydrogens (tertiary/aromatic N) is 3. The number of sulfonamides is 2. The van der Waals surface area contributed by atoms with Gasteiger partial charge in [0.15, 0.2) is 5.82 Å². The van der Waals surface area contributed by atoms with E-state index < -0.39 is 31.0 Å². The monoisotopic (exact) mass is 526 g/mol. The molecule has 0 aliphatic carbocycles. The Kier molecular flexibility index (Phi) is 6.57. The molecule has 0 unspecified atom stereocenters. The van der Waals surface area contributed by atoms with E-state index in [1.54, 1.807) is 11.5 Å². The van der Waals surface area contributed by atoms with Crippen molar-refractivity contribution in [3.05, 3.63) is 52.8 Å². The van der Waals surface area contributed by atoms with Crippen LogP contribution in [0.2, 0.25) is 5.02 Å². The third-order valence-corrected chi connectivity index (χ3v) is 8.23. The minimum atomic E-state index is -4.21. The Hall–Kier alpha value is -2.71. The van der Waals surface area contributed by atoms with Gasteiger partial charge in [-0.15, -0.1) is 5.10 Å². The summed E-state index contributed by atoms with van der Waals surface area (Å²) in [7, 11) is -8.36. The molecule has 4 N–H and O–H groups in total. The molecule has 1 aliphatic rings. The zero-order valence-electron chi connectivity index (χ0n) is 18.3. The second-order valence-electron chi connectivity index (χ2n) is 7.66. The third-order valence-electron chi connectivity index (χ3n) is 5.30. The number of fused-ring (bicyclic) bond motifs is 1. The molecule has 4 rings (SSSR count). The lowest BCUT2D eigenvalue weighted by atomic mass is 10.2. The van der Waals surface area contributed by atoms with Gasteiger partial charge in [0.25, 0.3) is 0 Å². The third kappa shape index (κ3) is 4.88. The number of halogens is 1. The van der Waals surface area contributed by atoms with E-state index in [0.29, 0.717) is 18.1 Å². The Balaban J connectivity index is 1.58. The lowest BCUT2D eigenvalue weighted by molar-refractivity contribution is 0.408. The van der Waals surface area contributed by atoms with E-state index in [1.165, 1.54) is 11.6 Å². The maximum absolute atomic E-state index is 12.9. The van der Waals surface area contributed by atoms with E-state index in [-0.39, 0.29) is 15.9 Å². The summed E-state index contributed by atoms with van der Waals surface area (Å²) in [5.74, 6) is 0.896. The molecule has 14 heteroatoms. The highest BCUT2D eigenvalue weighted by Gasteiger charge is 2.26. The van der Waals surface area contributed by atoms with Crippen LogP contribution in [0.3, 0.4) is 0 Å². The molecular weight excluding hydrogens is 504 g/mol. The molecule has 11 nitrogen and oxygen atoms in total. The number of nitrogens with one attached hydrogen (secondary N) is 2. The highest BCUT2D eigenvalue weighted by molar-refractivity contribution is 7.90. The van der Waals surface area contributed by atoms with Gasteiger partial charge in [-0.25, -0.2) is 26.7 Å². The number of benzene rings is 2. The van der Waals surface area contributed by atoms with Gasteiger partial charge < -0.3 is 10.1 Å². The van der Waals surface area contributed by atoms with Gasteiger partial charge in [0, 0.05) is 24.8 Å². The summed E-state index contributed by atoms with van der Waals surface area (Å²) in [4.78, 5) is -0.793. The summed E-state index contributed by atoms with van der Waals surface area (Å²) in [6.45, 7) is 4.73. The first-order valence-corrected chi connectivity index (χ1v) is 13.7. The smallest absolute Gasteiger partial charge is 0.322 e. The molecule has 0 saturated carbocycles. The maximum atomic E-state index is 12.9. The summed E-state index contributed by atoms with van der Waals surface area (Å²) in [6.07, 6.45) is 0.953. The van der Waals surface area contributed by atoms with Crippen LogP contribution in [0.5, 0.6) is 11.8 Å². The van der Waals surface area contributed by atoms with Gasteiger partial charge in [-0.2, -0.15) is 0 Å². The van der Waals surface area contributed by atoms with Gasteiger partial charge in [0.05, 0.1) is 16.0 Å². The fraction of sp³-hybridized carbons (Fsp3) is 0.300. The summed E-state index contributed by atoms with van der Waals surface area (Å²) < 4.78 is 59.3. The molecule has 0 fully saturated rings. The van der Waals surface area contributed by atoms with Crippen molar-refractivity contribution in [2.24, 2.45) is 5.14 Å². The van der Waals surface area contributed by atoms with Crippen molar-refractivity contribution in [1.82, 2.24) is 19.5 Å². The molecule has 1 aliphatic heterocycles. The first-order chi connectivity index (χ1) is 16.0. The Bertz CT molecular complexity index is 1460. The Morgan fingerprint density at radius 2 is 1.97 bits per heavy atom. The fourth-order valence-corrected chi connectivity index (χ4v) is 6.03. The molecule has 0 bridgehead atoms. The largest absolute Gasteiger partial charge is 0.424 e. The average Bonchev–Trinajstić information content (AvgIpc) is 3.39. The molecule has 3 aromatic rings. The maximum Gasteiger partial charge on any atom is 0.322 e. The first-order valence-electron chi connectivity index (χ1n) is 10.3. The van der Waals surface area contributed by atoms with Crippen LogP contribution in [0.4, 0.5) is 5.69 Å². The van der Waals surface area contributed by atoms with Crippen molar-refractivity contribution in [3.8, 4) is 11.8 Å². The zero-order valence-corrected chi connectivity index (χ0v) is 20.7. The van der Waals surface area contributed by atoms with Crippen molar-refractivity contribution < 1.29 is 21.6 Å². The molecule has 0 spiro atoms. The number of hydrogen-bond donors (Lipinski definition) is 3. The van der Waals surface area contributed by atoms with Crippen LogP contribution in [-0.4, -0.2) is 38.1 Å². The van der Waals surface area contributed by atoms with Gasteiger partial charge in [0.2, 0.25) is 20.0 Å². The quantitative estimate of drug-likeness (QED) is 0.403. The van der Waals surface area contributed by atoms with E-state index in [4.69, 9.17) is 21.5 Å². The molecule has 0 saturated heterocycles. The average molecular weight is 527 g/mol. The lowest BCUT2D eigenvalue weighted by Gasteiger charge is -2.16. The predicted molar refractivity (Wildman–Crippen MR) is 126 cm³/mol. The van der Waals surface area contributed by atoms with Crippen LogP contribution in [-0.2, 0) is 33.0 Å². The van der Waals surface area contributed by atoms with Crippen molar-refractivity contribution in [2.75, 3.05) is 11.9 Å². The van der Waals surface area contributed by atoms with Crippen LogP contribution in [0.1, 0.15) is 31.3 Å². The SMILES string of the molecule is CCn1c(Oc2ccc3c(c2)NCC3)nnc1[C@@H](C)NS(=O)(=O)c1ccc(Cl)c(S(N)(=O)=O)c1. The molecule has 2 heterocycles. The van der Waals surface area contributed by atoms with E-state index in [9.17, 15) is 16.8 Å². The summed E-state index contributed by atoms with van der Waals surface area (Å²) in [5.41, 5.74) is 2.21.